The number of nitrogens with one attached hydrogen (secondary N) is 1. The normalized spacial score (nSPS) is 26.8. The largest absolute Gasteiger partial charge is 0.309 e. The Morgan fingerprint density at radius 3 is 2.93 bits per heavy atom. The second-order valence-electron chi connectivity index (χ2n) is 4.48. The van der Waals surface area contributed by atoms with Gasteiger partial charge in [-0.3, -0.25) is 0 Å². The van der Waals surface area contributed by atoms with E-state index in [0.29, 0.717) is 0 Å². The van der Waals surface area contributed by atoms with Crippen LogP contribution in [-0.4, -0.2) is 6.04 Å². The first-order chi connectivity index (χ1) is 7.25. The quantitative estimate of drug-likeness (QED) is 0.880. The molecule has 1 fully saturated rings. The third-order valence-electron chi connectivity index (χ3n) is 3.27. The van der Waals surface area contributed by atoms with Crippen LogP contribution in [0.25, 0.3) is 0 Å². The second kappa shape index (κ2) is 5.46. The minimum Gasteiger partial charge on any atom is -0.309 e. The van der Waals surface area contributed by atoms with Gasteiger partial charge < -0.3 is 5.32 Å². The fourth-order valence-corrected chi connectivity index (χ4v) is 3.70. The summed E-state index contributed by atoms with van der Waals surface area (Å²) in [6, 6.07) is 2.95. The molecule has 2 atom stereocenters. The van der Waals surface area contributed by atoms with Gasteiger partial charge in [0.15, 0.2) is 0 Å². The number of halogens is 1. The van der Waals surface area contributed by atoms with Crippen molar-refractivity contribution in [1.29, 1.82) is 0 Å². The minimum atomic E-state index is 0.736. The van der Waals surface area contributed by atoms with E-state index in [9.17, 15) is 0 Å². The van der Waals surface area contributed by atoms with Crippen LogP contribution in [0.2, 0.25) is 0 Å². The highest BCUT2D eigenvalue weighted by Crippen LogP contribution is 2.25. The topological polar surface area (TPSA) is 12.0 Å². The predicted molar refractivity (Wildman–Crippen MR) is 70.3 cm³/mol. The Morgan fingerprint density at radius 2 is 2.27 bits per heavy atom. The molecule has 0 radical (unpaired) electrons. The van der Waals surface area contributed by atoms with Gasteiger partial charge >= 0.3 is 0 Å². The summed E-state index contributed by atoms with van der Waals surface area (Å²) in [5.74, 6) is 0.849. The van der Waals surface area contributed by atoms with Crippen molar-refractivity contribution in [1.82, 2.24) is 5.32 Å². The molecule has 1 nitrogen and oxygen atoms in total. The standard InChI is InChI=1S/C12H18BrNS/c1-9-4-2-3-5-12(9)14-7-11-6-10(13)8-15-11/h6,8-9,12,14H,2-5,7H2,1H3/t9-,12-/m0/s1. The maximum Gasteiger partial charge on any atom is 0.0302 e. The summed E-state index contributed by atoms with van der Waals surface area (Å²) in [5, 5.41) is 5.84. The Bertz CT molecular complexity index is 310. The van der Waals surface area contributed by atoms with E-state index >= 15 is 0 Å². The molecule has 0 bridgehead atoms. The first-order valence-corrected chi connectivity index (χ1v) is 7.39. The fraction of sp³-hybridized carbons (Fsp3) is 0.667. The molecule has 84 valence electrons. The number of hydrogen-bond acceptors (Lipinski definition) is 2. The molecule has 1 aromatic rings. The van der Waals surface area contributed by atoms with Crippen LogP contribution in [0.15, 0.2) is 15.9 Å². The zero-order valence-corrected chi connectivity index (χ0v) is 11.5. The maximum atomic E-state index is 3.69. The van der Waals surface area contributed by atoms with Crippen molar-refractivity contribution in [2.75, 3.05) is 0 Å². The van der Waals surface area contributed by atoms with Crippen LogP contribution >= 0.6 is 27.3 Å². The molecule has 2 rings (SSSR count). The van der Waals surface area contributed by atoms with Crippen molar-refractivity contribution in [2.24, 2.45) is 5.92 Å². The Kier molecular flexibility index (Phi) is 4.23. The zero-order valence-electron chi connectivity index (χ0n) is 9.13. The van der Waals surface area contributed by atoms with Gasteiger partial charge in [-0.1, -0.05) is 19.8 Å². The number of thiophene rings is 1. The highest BCUT2D eigenvalue weighted by molar-refractivity contribution is 9.10. The van der Waals surface area contributed by atoms with E-state index in [2.05, 4.69) is 39.6 Å². The molecule has 0 saturated heterocycles. The molecular weight excluding hydrogens is 270 g/mol. The lowest BCUT2D eigenvalue weighted by molar-refractivity contribution is 0.280. The van der Waals surface area contributed by atoms with Crippen molar-refractivity contribution < 1.29 is 0 Å². The predicted octanol–water partition coefficient (Wildman–Crippen LogP) is 4.18. The monoisotopic (exact) mass is 287 g/mol. The summed E-state index contributed by atoms with van der Waals surface area (Å²) in [4.78, 5) is 1.43. The summed E-state index contributed by atoms with van der Waals surface area (Å²) in [6.45, 7) is 3.41. The van der Waals surface area contributed by atoms with Crippen LogP contribution in [0.4, 0.5) is 0 Å². The maximum absolute atomic E-state index is 3.69. The third kappa shape index (κ3) is 3.30. The smallest absolute Gasteiger partial charge is 0.0302 e. The Balaban J connectivity index is 1.81. The molecule has 3 heteroatoms. The highest BCUT2D eigenvalue weighted by Gasteiger charge is 2.20. The Labute approximate surface area is 104 Å². The van der Waals surface area contributed by atoms with Crippen molar-refractivity contribution in [3.8, 4) is 0 Å². The molecule has 1 N–H and O–H groups in total. The van der Waals surface area contributed by atoms with Gasteiger partial charge in [-0.15, -0.1) is 11.3 Å². The summed E-state index contributed by atoms with van der Waals surface area (Å²) in [7, 11) is 0. The highest BCUT2D eigenvalue weighted by atomic mass is 79.9. The molecule has 0 amide bonds. The lowest BCUT2D eigenvalue weighted by atomic mass is 9.86. The lowest BCUT2D eigenvalue weighted by Gasteiger charge is -2.29. The average Bonchev–Trinajstić information content (AvgIpc) is 2.63. The van der Waals surface area contributed by atoms with E-state index in [0.717, 1.165) is 18.5 Å². The van der Waals surface area contributed by atoms with E-state index < -0.39 is 0 Å². The minimum absolute atomic E-state index is 0.736. The van der Waals surface area contributed by atoms with E-state index in [-0.39, 0.29) is 0 Å². The van der Waals surface area contributed by atoms with E-state index in [4.69, 9.17) is 0 Å². The van der Waals surface area contributed by atoms with Gasteiger partial charge in [0, 0.05) is 27.3 Å². The van der Waals surface area contributed by atoms with Crippen molar-refractivity contribution in [2.45, 2.75) is 45.2 Å². The van der Waals surface area contributed by atoms with Gasteiger partial charge in [-0.05, 0) is 40.8 Å². The van der Waals surface area contributed by atoms with Crippen LogP contribution in [0.1, 0.15) is 37.5 Å². The van der Waals surface area contributed by atoms with Gasteiger partial charge in [0.1, 0.15) is 0 Å². The average molecular weight is 288 g/mol. The number of hydrogen-bond donors (Lipinski definition) is 1. The second-order valence-corrected chi connectivity index (χ2v) is 6.39. The van der Waals surface area contributed by atoms with E-state index in [1.165, 1.54) is 35.0 Å². The molecule has 0 aliphatic heterocycles. The van der Waals surface area contributed by atoms with Gasteiger partial charge in [0.05, 0.1) is 0 Å². The van der Waals surface area contributed by atoms with Crippen molar-refractivity contribution in [3.05, 3.63) is 20.8 Å². The SMILES string of the molecule is C[C@H]1CCCC[C@@H]1NCc1cc(Br)cs1. The third-order valence-corrected chi connectivity index (χ3v) is 4.97. The molecule has 0 unspecified atom stereocenters. The van der Waals surface area contributed by atoms with Crippen LogP contribution in [0.3, 0.4) is 0 Å². The first kappa shape index (κ1) is 11.6. The molecule has 1 aliphatic rings. The van der Waals surface area contributed by atoms with Gasteiger partial charge in [0.25, 0.3) is 0 Å². The first-order valence-electron chi connectivity index (χ1n) is 5.72. The van der Waals surface area contributed by atoms with Crippen molar-refractivity contribution >= 4 is 27.3 Å². The fourth-order valence-electron chi connectivity index (χ4n) is 2.30. The van der Waals surface area contributed by atoms with Crippen LogP contribution in [0, 0.1) is 5.92 Å². The van der Waals surface area contributed by atoms with Crippen LogP contribution in [0.5, 0.6) is 0 Å². The summed E-state index contributed by atoms with van der Waals surface area (Å²) >= 11 is 5.32. The number of rotatable bonds is 3. The molecule has 0 spiro atoms. The summed E-state index contributed by atoms with van der Waals surface area (Å²) in [6.07, 6.45) is 5.57. The molecule has 1 aromatic heterocycles. The molecular formula is C12H18BrNS. The van der Waals surface area contributed by atoms with Gasteiger partial charge in [0.2, 0.25) is 0 Å². The Hall–Kier alpha value is 0.140. The molecule has 0 aromatic carbocycles. The van der Waals surface area contributed by atoms with Crippen molar-refractivity contribution in [3.63, 3.8) is 0 Å². The molecule has 1 aliphatic carbocycles. The Morgan fingerprint density at radius 1 is 1.47 bits per heavy atom. The van der Waals surface area contributed by atoms with Gasteiger partial charge in [-0.2, -0.15) is 0 Å². The zero-order chi connectivity index (χ0) is 10.7. The summed E-state index contributed by atoms with van der Waals surface area (Å²) < 4.78 is 1.21. The molecule has 15 heavy (non-hydrogen) atoms. The molecule has 1 saturated carbocycles. The van der Waals surface area contributed by atoms with Gasteiger partial charge in [-0.25, -0.2) is 0 Å². The lowest BCUT2D eigenvalue weighted by Crippen LogP contribution is -2.36. The van der Waals surface area contributed by atoms with Crippen LogP contribution < -0.4 is 5.32 Å². The van der Waals surface area contributed by atoms with E-state index in [1.807, 2.05) is 11.3 Å². The van der Waals surface area contributed by atoms with E-state index in [1.54, 1.807) is 0 Å². The molecule has 1 heterocycles. The van der Waals surface area contributed by atoms with Crippen LogP contribution in [-0.2, 0) is 6.54 Å². The summed E-state index contributed by atoms with van der Waals surface area (Å²) in [5.41, 5.74) is 0.